The zero-order valence-corrected chi connectivity index (χ0v) is 12.5. The topological polar surface area (TPSA) is 46.5 Å². The van der Waals surface area contributed by atoms with Crippen LogP contribution in [0.3, 0.4) is 0 Å². The Kier molecular flexibility index (Phi) is 4.50. The van der Waals surface area contributed by atoms with Gasteiger partial charge in [0.2, 0.25) is 0 Å². The Balaban J connectivity index is 2.20. The van der Waals surface area contributed by atoms with Crippen molar-refractivity contribution in [2.75, 3.05) is 6.26 Å². The van der Waals surface area contributed by atoms with E-state index in [1.807, 2.05) is 30.5 Å². The van der Waals surface area contributed by atoms with Gasteiger partial charge in [-0.1, -0.05) is 0 Å². The quantitative estimate of drug-likeness (QED) is 0.823. The number of carbonyl (C=O) groups is 1. The van der Waals surface area contributed by atoms with E-state index in [-0.39, 0.29) is 5.56 Å². The number of ether oxygens (including phenoxy) is 1. The molecule has 0 bridgehead atoms. The fourth-order valence-electron chi connectivity index (χ4n) is 1.49. The molecule has 3 nitrogen and oxygen atoms in total. The van der Waals surface area contributed by atoms with Gasteiger partial charge in [0.25, 0.3) is 0 Å². The van der Waals surface area contributed by atoms with Crippen molar-refractivity contribution in [3.05, 3.63) is 52.5 Å². The van der Waals surface area contributed by atoms with Gasteiger partial charge in [0.15, 0.2) is 0 Å². The van der Waals surface area contributed by atoms with Crippen LogP contribution in [0.1, 0.15) is 10.4 Å². The molecule has 0 aliphatic heterocycles. The molecule has 0 aliphatic carbocycles. The molecule has 0 saturated carbocycles. The molecule has 0 amide bonds. The Labute approximate surface area is 123 Å². The molecule has 0 aromatic heterocycles. The molecule has 2 rings (SSSR count). The summed E-state index contributed by atoms with van der Waals surface area (Å²) >= 11 is 4.97. The summed E-state index contributed by atoms with van der Waals surface area (Å²) in [5.41, 5.74) is 0.219. The predicted molar refractivity (Wildman–Crippen MR) is 79.4 cm³/mol. The van der Waals surface area contributed by atoms with Crippen molar-refractivity contribution < 1.29 is 14.6 Å². The summed E-state index contributed by atoms with van der Waals surface area (Å²) in [7, 11) is 0. The van der Waals surface area contributed by atoms with Crippen molar-refractivity contribution in [3.8, 4) is 11.5 Å². The third-order valence-electron chi connectivity index (χ3n) is 2.47. The maximum Gasteiger partial charge on any atom is 0.335 e. The molecule has 0 atom stereocenters. The molecule has 2 aromatic rings. The number of rotatable bonds is 4. The van der Waals surface area contributed by atoms with Crippen molar-refractivity contribution >= 4 is 33.7 Å². The van der Waals surface area contributed by atoms with Crippen LogP contribution in [0.4, 0.5) is 0 Å². The van der Waals surface area contributed by atoms with Crippen molar-refractivity contribution in [2.45, 2.75) is 4.90 Å². The van der Waals surface area contributed by atoms with Crippen LogP contribution in [0.5, 0.6) is 11.5 Å². The van der Waals surface area contributed by atoms with Crippen LogP contribution < -0.4 is 4.74 Å². The number of carboxylic acids is 1. The minimum atomic E-state index is -0.962. The van der Waals surface area contributed by atoms with E-state index < -0.39 is 5.97 Å². The second-order valence-electron chi connectivity index (χ2n) is 3.73. The lowest BCUT2D eigenvalue weighted by atomic mass is 10.2. The van der Waals surface area contributed by atoms with Gasteiger partial charge >= 0.3 is 5.97 Å². The second-order valence-corrected chi connectivity index (χ2v) is 5.46. The van der Waals surface area contributed by atoms with E-state index in [0.717, 1.165) is 4.90 Å². The fraction of sp³-hybridized carbons (Fsp3) is 0.0714. The standard InChI is InChI=1S/C14H11BrO3S/c1-19-11-5-3-10(4-6-11)18-13-7-2-9(14(16)17)8-12(13)15/h2-8H,1H3,(H,16,17). The Morgan fingerprint density at radius 3 is 2.42 bits per heavy atom. The van der Waals surface area contributed by atoms with Gasteiger partial charge in [0, 0.05) is 4.90 Å². The van der Waals surface area contributed by atoms with Crippen LogP contribution in [-0.2, 0) is 0 Å². The molecule has 1 N–H and O–H groups in total. The molecule has 0 heterocycles. The van der Waals surface area contributed by atoms with E-state index in [4.69, 9.17) is 9.84 Å². The van der Waals surface area contributed by atoms with Crippen LogP contribution in [-0.4, -0.2) is 17.3 Å². The van der Waals surface area contributed by atoms with Crippen molar-refractivity contribution in [1.82, 2.24) is 0 Å². The molecule has 19 heavy (non-hydrogen) atoms. The van der Waals surface area contributed by atoms with Crippen LogP contribution in [0.2, 0.25) is 0 Å². The lowest BCUT2D eigenvalue weighted by molar-refractivity contribution is 0.0697. The smallest absolute Gasteiger partial charge is 0.335 e. The number of hydrogen-bond acceptors (Lipinski definition) is 3. The first-order chi connectivity index (χ1) is 9.10. The molecule has 2 aromatic carbocycles. The third kappa shape index (κ3) is 3.52. The minimum Gasteiger partial charge on any atom is -0.478 e. The first-order valence-electron chi connectivity index (χ1n) is 5.45. The van der Waals surface area contributed by atoms with Crippen molar-refractivity contribution in [1.29, 1.82) is 0 Å². The number of hydrogen-bond donors (Lipinski definition) is 1. The normalized spacial score (nSPS) is 10.2. The average molecular weight is 339 g/mol. The summed E-state index contributed by atoms with van der Waals surface area (Å²) in [5.74, 6) is 0.333. The lowest BCUT2D eigenvalue weighted by Crippen LogP contribution is -1.96. The molecule has 0 aliphatic rings. The molecule has 5 heteroatoms. The highest BCUT2D eigenvalue weighted by atomic mass is 79.9. The second kappa shape index (κ2) is 6.12. The molecule has 0 spiro atoms. The van der Waals surface area contributed by atoms with Gasteiger partial charge in [0.1, 0.15) is 11.5 Å². The van der Waals surface area contributed by atoms with E-state index >= 15 is 0 Å². The molecule has 0 saturated heterocycles. The maximum absolute atomic E-state index is 10.8. The van der Waals surface area contributed by atoms with Crippen LogP contribution in [0, 0.1) is 0 Å². The number of thioether (sulfide) groups is 1. The Bertz CT molecular complexity index is 596. The van der Waals surface area contributed by atoms with Crippen LogP contribution >= 0.6 is 27.7 Å². The van der Waals surface area contributed by atoms with Gasteiger partial charge < -0.3 is 9.84 Å². The third-order valence-corrected chi connectivity index (χ3v) is 3.83. The molecule has 98 valence electrons. The van der Waals surface area contributed by atoms with Gasteiger partial charge in [-0.05, 0) is 64.7 Å². The summed E-state index contributed by atoms with van der Waals surface area (Å²) in [6, 6.07) is 12.4. The number of aromatic carboxylic acids is 1. The predicted octanol–water partition coefficient (Wildman–Crippen LogP) is 4.66. The monoisotopic (exact) mass is 338 g/mol. The Morgan fingerprint density at radius 2 is 1.89 bits per heavy atom. The highest BCUT2D eigenvalue weighted by Crippen LogP contribution is 2.31. The number of carboxylic acid groups (broad SMARTS) is 1. The summed E-state index contributed by atoms with van der Waals surface area (Å²) in [4.78, 5) is 12.0. The van der Waals surface area contributed by atoms with Gasteiger partial charge in [-0.25, -0.2) is 4.79 Å². The van der Waals surface area contributed by atoms with E-state index in [0.29, 0.717) is 16.0 Å². The minimum absolute atomic E-state index is 0.219. The van der Waals surface area contributed by atoms with E-state index in [1.54, 1.807) is 17.8 Å². The van der Waals surface area contributed by atoms with Gasteiger partial charge in [-0.2, -0.15) is 0 Å². The van der Waals surface area contributed by atoms with E-state index in [2.05, 4.69) is 15.9 Å². The summed E-state index contributed by atoms with van der Waals surface area (Å²) in [6.45, 7) is 0. The molecular weight excluding hydrogens is 328 g/mol. The lowest BCUT2D eigenvalue weighted by Gasteiger charge is -2.08. The first kappa shape index (κ1) is 14.0. The number of benzene rings is 2. The van der Waals surface area contributed by atoms with Crippen LogP contribution in [0.15, 0.2) is 51.8 Å². The van der Waals surface area contributed by atoms with Crippen LogP contribution in [0.25, 0.3) is 0 Å². The maximum atomic E-state index is 10.8. The summed E-state index contributed by atoms with van der Waals surface area (Å²) < 4.78 is 6.31. The largest absolute Gasteiger partial charge is 0.478 e. The van der Waals surface area contributed by atoms with Gasteiger partial charge in [-0.15, -0.1) is 11.8 Å². The Morgan fingerprint density at radius 1 is 1.21 bits per heavy atom. The van der Waals surface area contributed by atoms with E-state index in [1.165, 1.54) is 12.1 Å². The molecule has 0 unspecified atom stereocenters. The van der Waals surface area contributed by atoms with Gasteiger partial charge in [0.05, 0.1) is 10.0 Å². The average Bonchev–Trinajstić information content (AvgIpc) is 2.41. The highest BCUT2D eigenvalue weighted by Gasteiger charge is 2.08. The Hall–Kier alpha value is -1.46. The van der Waals surface area contributed by atoms with Crippen molar-refractivity contribution in [3.63, 3.8) is 0 Å². The zero-order valence-electron chi connectivity index (χ0n) is 10.1. The summed E-state index contributed by atoms with van der Waals surface area (Å²) in [5, 5.41) is 8.88. The molecular formula is C14H11BrO3S. The summed E-state index contributed by atoms with van der Waals surface area (Å²) in [6.07, 6.45) is 2.01. The zero-order chi connectivity index (χ0) is 13.8. The molecule has 0 fully saturated rings. The molecule has 0 radical (unpaired) electrons. The fourth-order valence-corrected chi connectivity index (χ4v) is 2.36. The first-order valence-corrected chi connectivity index (χ1v) is 7.46. The van der Waals surface area contributed by atoms with Crippen molar-refractivity contribution in [2.24, 2.45) is 0 Å². The number of halogens is 1. The SMILES string of the molecule is CSc1ccc(Oc2ccc(C(=O)O)cc2Br)cc1. The highest BCUT2D eigenvalue weighted by molar-refractivity contribution is 9.10. The van der Waals surface area contributed by atoms with E-state index in [9.17, 15) is 4.79 Å². The van der Waals surface area contributed by atoms with Gasteiger partial charge in [-0.3, -0.25) is 0 Å².